The van der Waals surface area contributed by atoms with E-state index in [0.717, 1.165) is 35.3 Å². The minimum atomic E-state index is 0.0860. The molecule has 1 aliphatic rings. The largest absolute Gasteiger partial charge is 0.497 e. The first-order valence-electron chi connectivity index (χ1n) is 9.48. The number of hydrogen-bond acceptors (Lipinski definition) is 5. The number of carbonyl (C=O) groups is 1. The Labute approximate surface area is 164 Å². The molecule has 1 amide bonds. The highest BCUT2D eigenvalue weighted by molar-refractivity contribution is 5.94. The lowest BCUT2D eigenvalue weighted by atomic mass is 9.96. The molecule has 0 saturated carbocycles. The second-order valence-corrected chi connectivity index (χ2v) is 7.12. The number of aromatic nitrogens is 2. The number of rotatable bonds is 4. The molecule has 0 N–H and O–H groups in total. The van der Waals surface area contributed by atoms with Crippen molar-refractivity contribution < 1.29 is 14.1 Å². The van der Waals surface area contributed by atoms with Gasteiger partial charge in [-0.1, -0.05) is 22.9 Å². The van der Waals surface area contributed by atoms with Crippen molar-refractivity contribution in [3.05, 3.63) is 65.5 Å². The van der Waals surface area contributed by atoms with Crippen molar-refractivity contribution >= 4 is 5.91 Å². The number of methoxy groups -OCH3 is 1. The van der Waals surface area contributed by atoms with E-state index < -0.39 is 0 Å². The first kappa shape index (κ1) is 18.2. The molecule has 0 bridgehead atoms. The molecule has 2 aromatic carbocycles. The molecule has 0 aliphatic carbocycles. The molecular formula is C22H23N3O3. The monoisotopic (exact) mass is 377 g/mol. The third-order valence-corrected chi connectivity index (χ3v) is 5.22. The van der Waals surface area contributed by atoms with Crippen LogP contribution in [0.4, 0.5) is 0 Å². The van der Waals surface area contributed by atoms with Crippen LogP contribution < -0.4 is 4.74 Å². The number of carbonyl (C=O) groups excluding carboxylic acids is 1. The number of amides is 1. The molecular weight excluding hydrogens is 354 g/mol. The first-order chi connectivity index (χ1) is 13.6. The van der Waals surface area contributed by atoms with Crippen molar-refractivity contribution in [2.45, 2.75) is 25.7 Å². The summed E-state index contributed by atoms with van der Waals surface area (Å²) in [5.74, 6) is 2.28. The van der Waals surface area contributed by atoms with Gasteiger partial charge in [-0.2, -0.15) is 4.98 Å². The maximum atomic E-state index is 12.7. The lowest BCUT2D eigenvalue weighted by Gasteiger charge is -2.30. The maximum Gasteiger partial charge on any atom is 0.253 e. The second-order valence-electron chi connectivity index (χ2n) is 7.12. The first-order valence-corrected chi connectivity index (χ1v) is 9.48. The summed E-state index contributed by atoms with van der Waals surface area (Å²) < 4.78 is 10.7. The summed E-state index contributed by atoms with van der Waals surface area (Å²) >= 11 is 0. The predicted molar refractivity (Wildman–Crippen MR) is 105 cm³/mol. The molecule has 1 aromatic heterocycles. The van der Waals surface area contributed by atoms with Crippen LogP contribution in [0.15, 0.2) is 53.1 Å². The van der Waals surface area contributed by atoms with Crippen LogP contribution in [-0.4, -0.2) is 41.1 Å². The highest BCUT2D eigenvalue weighted by atomic mass is 16.5. The third kappa shape index (κ3) is 3.76. The van der Waals surface area contributed by atoms with Crippen LogP contribution in [0.2, 0.25) is 0 Å². The van der Waals surface area contributed by atoms with Crippen molar-refractivity contribution in [3.63, 3.8) is 0 Å². The van der Waals surface area contributed by atoms with E-state index in [1.165, 1.54) is 0 Å². The van der Waals surface area contributed by atoms with Gasteiger partial charge in [0.05, 0.1) is 7.11 Å². The van der Waals surface area contributed by atoms with Gasteiger partial charge in [-0.05, 0) is 56.2 Å². The van der Waals surface area contributed by atoms with E-state index in [4.69, 9.17) is 9.26 Å². The number of benzene rings is 2. The maximum absolute atomic E-state index is 12.7. The molecule has 0 radical (unpaired) electrons. The summed E-state index contributed by atoms with van der Waals surface area (Å²) in [6.07, 6.45) is 1.64. The van der Waals surface area contributed by atoms with Crippen LogP contribution in [-0.2, 0) is 0 Å². The second kappa shape index (κ2) is 7.84. The van der Waals surface area contributed by atoms with Crippen molar-refractivity contribution in [2.75, 3.05) is 20.2 Å². The standard InChI is InChI=1S/C22H23N3O3/c1-15-3-5-18(6-4-15)22(26)25-13-11-17(12-14-25)21-23-20(24-28-21)16-7-9-19(27-2)10-8-16/h3-10,17H,11-14H2,1-2H3. The number of piperidine rings is 1. The topological polar surface area (TPSA) is 68.5 Å². The molecule has 1 fully saturated rings. The lowest BCUT2D eigenvalue weighted by molar-refractivity contribution is 0.0704. The molecule has 2 heterocycles. The Morgan fingerprint density at radius 2 is 1.75 bits per heavy atom. The summed E-state index contributed by atoms with van der Waals surface area (Å²) in [6, 6.07) is 15.3. The van der Waals surface area contributed by atoms with Crippen LogP contribution in [0.5, 0.6) is 5.75 Å². The highest BCUT2D eigenvalue weighted by Crippen LogP contribution is 2.29. The Balaban J connectivity index is 1.39. The molecule has 0 unspecified atom stereocenters. The van der Waals surface area contributed by atoms with E-state index in [1.807, 2.05) is 60.4 Å². The van der Waals surface area contributed by atoms with Gasteiger partial charge in [0.2, 0.25) is 11.7 Å². The summed E-state index contributed by atoms with van der Waals surface area (Å²) in [7, 11) is 1.64. The van der Waals surface area contributed by atoms with Crippen molar-refractivity contribution in [3.8, 4) is 17.1 Å². The third-order valence-electron chi connectivity index (χ3n) is 5.22. The number of hydrogen-bond donors (Lipinski definition) is 0. The molecule has 3 aromatic rings. The van der Waals surface area contributed by atoms with Gasteiger partial charge in [0.15, 0.2) is 0 Å². The summed E-state index contributed by atoms with van der Waals surface area (Å²) in [4.78, 5) is 19.1. The Kier molecular flexibility index (Phi) is 5.10. The van der Waals surface area contributed by atoms with Crippen LogP contribution in [0.25, 0.3) is 11.4 Å². The normalized spacial score (nSPS) is 14.9. The van der Waals surface area contributed by atoms with E-state index in [0.29, 0.717) is 24.8 Å². The summed E-state index contributed by atoms with van der Waals surface area (Å²) in [6.45, 7) is 3.40. The van der Waals surface area contributed by atoms with Crippen molar-refractivity contribution in [1.82, 2.24) is 15.0 Å². The highest BCUT2D eigenvalue weighted by Gasteiger charge is 2.28. The number of likely N-dealkylation sites (tertiary alicyclic amines) is 1. The number of nitrogens with zero attached hydrogens (tertiary/aromatic N) is 3. The molecule has 1 aliphatic heterocycles. The average Bonchev–Trinajstić information content (AvgIpc) is 3.24. The van der Waals surface area contributed by atoms with Gasteiger partial charge in [0.1, 0.15) is 5.75 Å². The minimum Gasteiger partial charge on any atom is -0.497 e. The Morgan fingerprint density at radius 3 is 2.39 bits per heavy atom. The van der Waals surface area contributed by atoms with Gasteiger partial charge in [0, 0.05) is 30.1 Å². The van der Waals surface area contributed by atoms with E-state index >= 15 is 0 Å². The zero-order valence-electron chi connectivity index (χ0n) is 16.1. The van der Waals surface area contributed by atoms with Gasteiger partial charge in [-0.15, -0.1) is 0 Å². The minimum absolute atomic E-state index is 0.0860. The molecule has 6 heteroatoms. The Bertz CT molecular complexity index is 940. The summed E-state index contributed by atoms with van der Waals surface area (Å²) in [5, 5.41) is 4.12. The van der Waals surface area contributed by atoms with Gasteiger partial charge < -0.3 is 14.2 Å². The zero-order chi connectivity index (χ0) is 19.5. The van der Waals surface area contributed by atoms with Crippen LogP contribution in [0, 0.1) is 6.92 Å². The Morgan fingerprint density at radius 1 is 1.07 bits per heavy atom. The van der Waals surface area contributed by atoms with Crippen LogP contribution in [0.1, 0.15) is 40.6 Å². The molecule has 0 spiro atoms. The van der Waals surface area contributed by atoms with Gasteiger partial charge in [0.25, 0.3) is 5.91 Å². The Hall–Kier alpha value is -3.15. The quantitative estimate of drug-likeness (QED) is 0.685. The van der Waals surface area contributed by atoms with Gasteiger partial charge in [-0.3, -0.25) is 4.79 Å². The lowest BCUT2D eigenvalue weighted by Crippen LogP contribution is -2.38. The number of ether oxygens (including phenoxy) is 1. The van der Waals surface area contributed by atoms with Gasteiger partial charge >= 0.3 is 0 Å². The van der Waals surface area contributed by atoms with E-state index in [2.05, 4.69) is 10.1 Å². The smallest absolute Gasteiger partial charge is 0.253 e. The molecule has 0 atom stereocenters. The number of aryl methyl sites for hydroxylation is 1. The molecule has 4 rings (SSSR count). The van der Waals surface area contributed by atoms with Crippen LogP contribution in [0.3, 0.4) is 0 Å². The average molecular weight is 377 g/mol. The fraction of sp³-hybridized carbons (Fsp3) is 0.318. The van der Waals surface area contributed by atoms with Crippen molar-refractivity contribution in [1.29, 1.82) is 0 Å². The van der Waals surface area contributed by atoms with E-state index in [-0.39, 0.29) is 11.8 Å². The molecule has 1 saturated heterocycles. The van der Waals surface area contributed by atoms with Crippen LogP contribution >= 0.6 is 0 Å². The van der Waals surface area contributed by atoms with Gasteiger partial charge in [-0.25, -0.2) is 0 Å². The van der Waals surface area contributed by atoms with Crippen molar-refractivity contribution in [2.24, 2.45) is 0 Å². The molecule has 6 nitrogen and oxygen atoms in total. The SMILES string of the molecule is COc1ccc(-c2noc(C3CCN(C(=O)c4ccc(C)cc4)CC3)n2)cc1. The predicted octanol–water partition coefficient (Wildman–Crippen LogP) is 4.07. The fourth-order valence-corrected chi connectivity index (χ4v) is 3.47. The fourth-order valence-electron chi connectivity index (χ4n) is 3.47. The molecule has 28 heavy (non-hydrogen) atoms. The van der Waals surface area contributed by atoms with E-state index in [1.54, 1.807) is 7.11 Å². The zero-order valence-corrected chi connectivity index (χ0v) is 16.1. The summed E-state index contributed by atoms with van der Waals surface area (Å²) in [5.41, 5.74) is 2.78. The van der Waals surface area contributed by atoms with E-state index in [9.17, 15) is 4.79 Å². The molecule has 144 valence electrons.